The summed E-state index contributed by atoms with van der Waals surface area (Å²) in [5, 5.41) is 4.02. The molecule has 1 aliphatic carbocycles. The fourth-order valence-corrected chi connectivity index (χ4v) is 2.29. The van der Waals surface area contributed by atoms with Crippen LogP contribution in [0.3, 0.4) is 0 Å². The van der Waals surface area contributed by atoms with Crippen LogP contribution in [0.5, 0.6) is 0 Å². The van der Waals surface area contributed by atoms with Crippen molar-refractivity contribution in [2.24, 2.45) is 5.92 Å². The first-order valence-corrected chi connectivity index (χ1v) is 6.19. The summed E-state index contributed by atoms with van der Waals surface area (Å²) in [6.45, 7) is 0.818. The highest BCUT2D eigenvalue weighted by molar-refractivity contribution is 6.06. The number of benzene rings is 1. The van der Waals surface area contributed by atoms with E-state index in [0.29, 0.717) is 5.92 Å². The van der Waals surface area contributed by atoms with Gasteiger partial charge in [-0.15, -0.1) is 0 Å². The average molecular weight is 228 g/mol. The number of aromatic nitrogens is 1. The van der Waals surface area contributed by atoms with Crippen molar-refractivity contribution in [3.63, 3.8) is 0 Å². The molecule has 0 spiro atoms. The number of rotatable bonds is 3. The number of aromatic amines is 1. The van der Waals surface area contributed by atoms with Gasteiger partial charge in [0.1, 0.15) is 0 Å². The van der Waals surface area contributed by atoms with Crippen molar-refractivity contribution in [2.45, 2.75) is 19.3 Å². The summed E-state index contributed by atoms with van der Waals surface area (Å²) >= 11 is 0. The Morgan fingerprint density at radius 2 is 2.18 bits per heavy atom. The number of carbonyl (C=O) groups is 1. The molecule has 2 aromatic rings. The van der Waals surface area contributed by atoms with Crippen LogP contribution in [-0.2, 0) is 0 Å². The van der Waals surface area contributed by atoms with E-state index in [1.54, 1.807) is 6.20 Å². The van der Waals surface area contributed by atoms with Gasteiger partial charge in [-0.2, -0.15) is 0 Å². The third-order valence-electron chi connectivity index (χ3n) is 3.61. The Hall–Kier alpha value is -1.77. The predicted molar refractivity (Wildman–Crippen MR) is 68.0 cm³/mol. The largest absolute Gasteiger partial charge is 0.360 e. The lowest BCUT2D eigenvalue weighted by Gasteiger charge is -2.25. The number of fused-ring (bicyclic) bond motifs is 1. The summed E-state index contributed by atoms with van der Waals surface area (Å²) in [5.74, 6) is 0.735. The Labute approximate surface area is 100 Å². The van der Waals surface area contributed by atoms with Crippen LogP contribution in [0.1, 0.15) is 29.6 Å². The molecule has 0 atom stereocenters. The molecule has 1 aromatic carbocycles. The van der Waals surface area contributed by atoms with Crippen LogP contribution in [-0.4, -0.2) is 17.4 Å². The zero-order valence-electron chi connectivity index (χ0n) is 9.70. The lowest BCUT2D eigenvalue weighted by atomic mass is 9.85. The lowest BCUT2D eigenvalue weighted by Crippen LogP contribution is -2.32. The van der Waals surface area contributed by atoms with Gasteiger partial charge in [0.2, 0.25) is 0 Å². The molecule has 0 saturated heterocycles. The second kappa shape index (κ2) is 4.24. The molecule has 0 unspecified atom stereocenters. The molecule has 3 heteroatoms. The summed E-state index contributed by atoms with van der Waals surface area (Å²) < 4.78 is 0. The van der Waals surface area contributed by atoms with Gasteiger partial charge >= 0.3 is 0 Å². The molecule has 1 heterocycles. The number of nitrogens with one attached hydrogen (secondary N) is 2. The Kier molecular flexibility index (Phi) is 2.59. The Morgan fingerprint density at radius 3 is 2.94 bits per heavy atom. The van der Waals surface area contributed by atoms with Gasteiger partial charge in [-0.3, -0.25) is 4.79 Å². The second-order valence-corrected chi connectivity index (χ2v) is 4.75. The summed E-state index contributed by atoms with van der Waals surface area (Å²) in [6, 6.07) is 7.88. The standard InChI is InChI=1S/C14H16N2O/c17-14(16-8-10-4-3-5-10)12-9-15-13-7-2-1-6-11(12)13/h1-2,6-7,9-10,15H,3-5,8H2,(H,16,17). The van der Waals surface area contributed by atoms with E-state index < -0.39 is 0 Å². The molecule has 1 amide bonds. The van der Waals surface area contributed by atoms with E-state index in [4.69, 9.17) is 0 Å². The second-order valence-electron chi connectivity index (χ2n) is 4.75. The topological polar surface area (TPSA) is 44.9 Å². The normalized spacial score (nSPS) is 15.8. The highest BCUT2D eigenvalue weighted by atomic mass is 16.1. The zero-order chi connectivity index (χ0) is 11.7. The molecule has 1 saturated carbocycles. The number of amides is 1. The van der Waals surface area contributed by atoms with Crippen molar-refractivity contribution in [3.8, 4) is 0 Å². The van der Waals surface area contributed by atoms with Crippen LogP contribution in [0.25, 0.3) is 10.9 Å². The van der Waals surface area contributed by atoms with Crippen LogP contribution in [0, 0.1) is 5.92 Å². The molecule has 0 bridgehead atoms. The molecule has 3 rings (SSSR count). The maximum atomic E-state index is 12.0. The average Bonchev–Trinajstić information content (AvgIpc) is 2.70. The SMILES string of the molecule is O=C(NCC1CCC1)c1c[nH]c2ccccc12. The third kappa shape index (κ3) is 1.93. The molecule has 17 heavy (non-hydrogen) atoms. The van der Waals surface area contributed by atoms with Gasteiger partial charge in [0.25, 0.3) is 5.91 Å². The monoisotopic (exact) mass is 228 g/mol. The Bertz CT molecular complexity index is 540. The highest BCUT2D eigenvalue weighted by Gasteiger charge is 2.19. The Balaban J connectivity index is 1.75. The number of H-pyrrole nitrogens is 1. The molecule has 88 valence electrons. The van der Waals surface area contributed by atoms with Crippen LogP contribution < -0.4 is 5.32 Å². The summed E-state index contributed by atoms with van der Waals surface area (Å²) in [6.07, 6.45) is 5.62. The van der Waals surface area contributed by atoms with Crippen LogP contribution in [0.4, 0.5) is 0 Å². The van der Waals surface area contributed by atoms with E-state index in [1.165, 1.54) is 19.3 Å². The predicted octanol–water partition coefficient (Wildman–Crippen LogP) is 2.70. The lowest BCUT2D eigenvalue weighted by molar-refractivity contribution is 0.0941. The summed E-state index contributed by atoms with van der Waals surface area (Å²) in [4.78, 5) is 15.2. The Morgan fingerprint density at radius 1 is 1.35 bits per heavy atom. The number of hydrogen-bond donors (Lipinski definition) is 2. The van der Waals surface area contributed by atoms with E-state index in [9.17, 15) is 4.79 Å². The number of hydrogen-bond acceptors (Lipinski definition) is 1. The van der Waals surface area contributed by atoms with Crippen molar-refractivity contribution < 1.29 is 4.79 Å². The van der Waals surface area contributed by atoms with Gasteiger partial charge in [0.15, 0.2) is 0 Å². The van der Waals surface area contributed by atoms with Gasteiger partial charge in [0.05, 0.1) is 5.56 Å². The molecule has 1 fully saturated rings. The van der Waals surface area contributed by atoms with E-state index >= 15 is 0 Å². The van der Waals surface area contributed by atoms with Gasteiger partial charge in [-0.05, 0) is 24.8 Å². The quantitative estimate of drug-likeness (QED) is 0.833. The zero-order valence-corrected chi connectivity index (χ0v) is 9.70. The first kappa shape index (κ1) is 10.4. The molecule has 0 aliphatic heterocycles. The van der Waals surface area contributed by atoms with Crippen LogP contribution in [0.15, 0.2) is 30.5 Å². The minimum absolute atomic E-state index is 0.0364. The molecule has 0 radical (unpaired) electrons. The van der Waals surface area contributed by atoms with E-state index in [2.05, 4.69) is 10.3 Å². The van der Waals surface area contributed by atoms with Crippen molar-refractivity contribution in [1.29, 1.82) is 0 Å². The van der Waals surface area contributed by atoms with Gasteiger partial charge < -0.3 is 10.3 Å². The molecule has 3 nitrogen and oxygen atoms in total. The maximum Gasteiger partial charge on any atom is 0.253 e. The molecule has 1 aromatic heterocycles. The van der Waals surface area contributed by atoms with Gasteiger partial charge in [-0.25, -0.2) is 0 Å². The summed E-state index contributed by atoms with van der Waals surface area (Å²) in [5.41, 5.74) is 1.77. The first-order chi connectivity index (χ1) is 8.34. The van der Waals surface area contributed by atoms with Gasteiger partial charge in [0, 0.05) is 23.6 Å². The fraction of sp³-hybridized carbons (Fsp3) is 0.357. The molecule has 1 aliphatic rings. The summed E-state index contributed by atoms with van der Waals surface area (Å²) in [7, 11) is 0. The first-order valence-electron chi connectivity index (χ1n) is 6.19. The van der Waals surface area contributed by atoms with Crippen LogP contribution in [0.2, 0.25) is 0 Å². The highest BCUT2D eigenvalue weighted by Crippen LogP contribution is 2.25. The minimum atomic E-state index is 0.0364. The maximum absolute atomic E-state index is 12.0. The molecular formula is C14H16N2O. The van der Waals surface area contributed by atoms with Crippen LogP contribution >= 0.6 is 0 Å². The van der Waals surface area contributed by atoms with E-state index in [1.807, 2.05) is 24.3 Å². The van der Waals surface area contributed by atoms with E-state index in [-0.39, 0.29) is 5.91 Å². The smallest absolute Gasteiger partial charge is 0.253 e. The number of carbonyl (C=O) groups excluding carboxylic acids is 1. The fourth-order valence-electron chi connectivity index (χ4n) is 2.29. The van der Waals surface area contributed by atoms with Crippen molar-refractivity contribution >= 4 is 16.8 Å². The molecular weight excluding hydrogens is 212 g/mol. The molecule has 2 N–H and O–H groups in total. The van der Waals surface area contributed by atoms with Gasteiger partial charge in [-0.1, -0.05) is 24.6 Å². The third-order valence-corrected chi connectivity index (χ3v) is 3.61. The van der Waals surface area contributed by atoms with Crippen molar-refractivity contribution in [1.82, 2.24) is 10.3 Å². The van der Waals surface area contributed by atoms with Crippen molar-refractivity contribution in [2.75, 3.05) is 6.54 Å². The number of para-hydroxylation sites is 1. The minimum Gasteiger partial charge on any atom is -0.360 e. The van der Waals surface area contributed by atoms with Crippen molar-refractivity contribution in [3.05, 3.63) is 36.0 Å². The van der Waals surface area contributed by atoms with E-state index in [0.717, 1.165) is 23.0 Å².